The molecule has 0 spiro atoms. The number of aromatic nitrogens is 2. The molecule has 2 aromatic heterocycles. The number of aryl methyl sites for hydroxylation is 2. The van der Waals surface area contributed by atoms with Gasteiger partial charge in [0.15, 0.2) is 0 Å². The lowest BCUT2D eigenvalue weighted by atomic mass is 9.89. The highest BCUT2D eigenvalue weighted by Gasteiger charge is 2.18. The van der Waals surface area contributed by atoms with Gasteiger partial charge in [0.25, 0.3) is 0 Å². The maximum absolute atomic E-state index is 9.31. The topological polar surface area (TPSA) is 58.0 Å². The highest BCUT2D eigenvalue weighted by atomic mass is 16.3. The molecule has 0 amide bonds. The van der Waals surface area contributed by atoms with Crippen molar-refractivity contribution in [2.75, 3.05) is 19.0 Å². The van der Waals surface area contributed by atoms with E-state index in [1.54, 1.807) is 0 Å². The number of rotatable bonds is 7. The maximum atomic E-state index is 9.31. The highest BCUT2D eigenvalue weighted by molar-refractivity contribution is 5.78. The van der Waals surface area contributed by atoms with E-state index in [2.05, 4.69) is 71.1 Å². The fourth-order valence-electron chi connectivity index (χ4n) is 3.50. The third-order valence-electron chi connectivity index (χ3n) is 5.12. The molecule has 0 aromatic carbocycles. The van der Waals surface area contributed by atoms with Gasteiger partial charge in [-0.1, -0.05) is 26.8 Å². The average Bonchev–Trinajstić information content (AvgIpc) is 2.64. The lowest BCUT2D eigenvalue weighted by Crippen LogP contribution is -2.07. The molecule has 0 saturated carbocycles. The summed E-state index contributed by atoms with van der Waals surface area (Å²) in [5.74, 6) is 1.55. The molecular formula is C23H33N3O. The standard InChI is InChI=1S/C23H33N3O/c1-8-18(15(4)11-12-27)20-13-16(5)22(25-17(20)6)19-9-10-21(14(2)3)26-23(19)24-7/h8-10,13-15,27H,11-12H2,1-7H3,(H,24,26)/b18-8-/t15-/m1/s1. The van der Waals surface area contributed by atoms with Gasteiger partial charge in [0.2, 0.25) is 0 Å². The average molecular weight is 368 g/mol. The first kappa shape index (κ1) is 21.1. The van der Waals surface area contributed by atoms with Gasteiger partial charge in [0.05, 0.1) is 5.69 Å². The van der Waals surface area contributed by atoms with E-state index in [0.717, 1.165) is 46.0 Å². The van der Waals surface area contributed by atoms with E-state index in [0.29, 0.717) is 11.8 Å². The van der Waals surface area contributed by atoms with Crippen LogP contribution in [-0.4, -0.2) is 28.7 Å². The summed E-state index contributed by atoms with van der Waals surface area (Å²) < 4.78 is 0. The van der Waals surface area contributed by atoms with Crippen LogP contribution in [0.25, 0.3) is 16.8 Å². The van der Waals surface area contributed by atoms with Gasteiger partial charge in [0.1, 0.15) is 5.82 Å². The lowest BCUT2D eigenvalue weighted by molar-refractivity contribution is 0.276. The SMILES string of the molecule is C/C=C(\c1cc(C)c(-c2ccc(C(C)C)nc2NC)nc1C)[C@H](C)CCO. The summed E-state index contributed by atoms with van der Waals surface area (Å²) in [4.78, 5) is 9.73. The Kier molecular flexibility index (Phi) is 7.14. The smallest absolute Gasteiger partial charge is 0.135 e. The number of aliphatic hydroxyl groups is 1. The quantitative estimate of drug-likeness (QED) is 0.693. The van der Waals surface area contributed by atoms with Crippen LogP contribution in [0.1, 0.15) is 62.5 Å². The molecule has 2 N–H and O–H groups in total. The summed E-state index contributed by atoms with van der Waals surface area (Å²) in [6.07, 6.45) is 2.89. The fraction of sp³-hybridized carbons (Fsp3) is 0.478. The van der Waals surface area contributed by atoms with E-state index >= 15 is 0 Å². The van der Waals surface area contributed by atoms with E-state index in [9.17, 15) is 5.11 Å². The Balaban J connectivity index is 2.54. The van der Waals surface area contributed by atoms with E-state index in [1.807, 2.05) is 7.05 Å². The number of nitrogens with zero attached hydrogens (tertiary/aromatic N) is 2. The summed E-state index contributed by atoms with van der Waals surface area (Å²) in [6.45, 7) is 12.9. The molecule has 0 aliphatic heterocycles. The summed E-state index contributed by atoms with van der Waals surface area (Å²) in [5.41, 5.74) is 7.60. The van der Waals surface area contributed by atoms with E-state index in [4.69, 9.17) is 9.97 Å². The number of anilines is 1. The van der Waals surface area contributed by atoms with Crippen LogP contribution in [0.15, 0.2) is 24.3 Å². The van der Waals surface area contributed by atoms with Gasteiger partial charge in [0, 0.05) is 30.6 Å². The molecule has 2 heterocycles. The number of nitrogens with one attached hydrogen (secondary N) is 1. The van der Waals surface area contributed by atoms with E-state index in [-0.39, 0.29) is 6.61 Å². The monoisotopic (exact) mass is 367 g/mol. The largest absolute Gasteiger partial charge is 0.396 e. The van der Waals surface area contributed by atoms with Crippen molar-refractivity contribution in [3.8, 4) is 11.3 Å². The summed E-state index contributed by atoms with van der Waals surface area (Å²) in [5, 5.41) is 12.5. The van der Waals surface area contributed by atoms with Gasteiger partial charge in [-0.3, -0.25) is 4.98 Å². The Bertz CT molecular complexity index is 825. The molecule has 27 heavy (non-hydrogen) atoms. The number of allylic oxidation sites excluding steroid dienone is 2. The Labute approximate surface area is 163 Å². The molecule has 0 unspecified atom stereocenters. The second-order valence-electron chi connectivity index (χ2n) is 7.48. The van der Waals surface area contributed by atoms with Gasteiger partial charge in [-0.15, -0.1) is 0 Å². The van der Waals surface area contributed by atoms with Crippen molar-refractivity contribution in [1.29, 1.82) is 0 Å². The molecule has 2 rings (SSSR count). The van der Waals surface area contributed by atoms with Gasteiger partial charge < -0.3 is 10.4 Å². The Morgan fingerprint density at radius 3 is 2.44 bits per heavy atom. The van der Waals surface area contributed by atoms with E-state index in [1.165, 1.54) is 5.57 Å². The zero-order chi connectivity index (χ0) is 20.1. The fourth-order valence-corrected chi connectivity index (χ4v) is 3.50. The predicted molar refractivity (Wildman–Crippen MR) is 115 cm³/mol. The number of hydrogen-bond donors (Lipinski definition) is 2. The van der Waals surface area contributed by atoms with Crippen LogP contribution in [0.3, 0.4) is 0 Å². The first-order valence-corrected chi connectivity index (χ1v) is 9.78. The molecule has 0 aliphatic rings. The van der Waals surface area contributed by atoms with Crippen molar-refractivity contribution < 1.29 is 5.11 Å². The minimum Gasteiger partial charge on any atom is -0.396 e. The molecule has 2 aromatic rings. The Morgan fingerprint density at radius 2 is 1.89 bits per heavy atom. The van der Waals surface area contributed by atoms with Crippen LogP contribution in [0.4, 0.5) is 5.82 Å². The Morgan fingerprint density at radius 1 is 1.19 bits per heavy atom. The second-order valence-corrected chi connectivity index (χ2v) is 7.48. The molecular weight excluding hydrogens is 334 g/mol. The first-order valence-electron chi connectivity index (χ1n) is 9.78. The number of pyridine rings is 2. The minimum absolute atomic E-state index is 0.196. The third-order valence-corrected chi connectivity index (χ3v) is 5.12. The predicted octanol–water partition coefficient (Wildman–Crippen LogP) is 5.35. The summed E-state index contributed by atoms with van der Waals surface area (Å²) >= 11 is 0. The molecule has 0 fully saturated rings. The van der Waals surface area contributed by atoms with Crippen molar-refractivity contribution in [3.05, 3.63) is 46.8 Å². The van der Waals surface area contributed by atoms with E-state index < -0.39 is 0 Å². The van der Waals surface area contributed by atoms with Crippen molar-refractivity contribution in [3.63, 3.8) is 0 Å². The summed E-state index contributed by atoms with van der Waals surface area (Å²) in [7, 11) is 1.90. The molecule has 146 valence electrons. The third kappa shape index (κ3) is 4.56. The maximum Gasteiger partial charge on any atom is 0.135 e. The Hall–Kier alpha value is -2.20. The molecule has 0 radical (unpaired) electrons. The first-order chi connectivity index (χ1) is 12.8. The van der Waals surface area contributed by atoms with Crippen molar-refractivity contribution in [2.24, 2.45) is 5.92 Å². The summed E-state index contributed by atoms with van der Waals surface area (Å²) in [6, 6.07) is 6.43. The molecule has 4 heteroatoms. The zero-order valence-electron chi connectivity index (χ0n) is 17.7. The van der Waals surface area contributed by atoms with Crippen LogP contribution in [0.2, 0.25) is 0 Å². The van der Waals surface area contributed by atoms with Crippen molar-refractivity contribution in [1.82, 2.24) is 9.97 Å². The van der Waals surface area contributed by atoms with Crippen LogP contribution in [0, 0.1) is 19.8 Å². The van der Waals surface area contributed by atoms with Crippen LogP contribution in [-0.2, 0) is 0 Å². The van der Waals surface area contributed by atoms with Gasteiger partial charge in [-0.25, -0.2) is 4.98 Å². The number of hydrogen-bond acceptors (Lipinski definition) is 4. The molecule has 4 nitrogen and oxygen atoms in total. The van der Waals surface area contributed by atoms with Gasteiger partial charge in [-0.05, 0) is 73.9 Å². The van der Waals surface area contributed by atoms with Gasteiger partial charge in [-0.2, -0.15) is 0 Å². The van der Waals surface area contributed by atoms with Gasteiger partial charge >= 0.3 is 0 Å². The lowest BCUT2D eigenvalue weighted by Gasteiger charge is -2.20. The van der Waals surface area contributed by atoms with Crippen LogP contribution < -0.4 is 5.32 Å². The van der Waals surface area contributed by atoms with Crippen molar-refractivity contribution in [2.45, 2.75) is 53.9 Å². The molecule has 0 bridgehead atoms. The van der Waals surface area contributed by atoms with Crippen LogP contribution >= 0.6 is 0 Å². The molecule has 1 atom stereocenters. The molecule has 0 saturated heterocycles. The minimum atomic E-state index is 0.196. The molecule has 0 aliphatic carbocycles. The van der Waals surface area contributed by atoms with Crippen LogP contribution in [0.5, 0.6) is 0 Å². The van der Waals surface area contributed by atoms with Crippen molar-refractivity contribution >= 4 is 11.4 Å². The normalized spacial score (nSPS) is 13.1. The second kappa shape index (κ2) is 9.14. The number of aliphatic hydroxyl groups excluding tert-OH is 1. The zero-order valence-corrected chi connectivity index (χ0v) is 17.7. The highest BCUT2D eigenvalue weighted by Crippen LogP contribution is 2.34.